The highest BCUT2D eigenvalue weighted by Gasteiger charge is 2.10. The number of benzene rings is 2. The van der Waals surface area contributed by atoms with Gasteiger partial charge in [0.05, 0.1) is 17.1 Å². The minimum absolute atomic E-state index is 0.122. The number of halogens is 2. The summed E-state index contributed by atoms with van der Waals surface area (Å²) in [6, 6.07) is 13.0. The van der Waals surface area contributed by atoms with E-state index < -0.39 is 0 Å². The molecule has 0 aliphatic carbocycles. The summed E-state index contributed by atoms with van der Waals surface area (Å²) in [7, 11) is 0. The average molecular weight is 424 g/mol. The van der Waals surface area contributed by atoms with E-state index in [0.29, 0.717) is 22.2 Å². The summed E-state index contributed by atoms with van der Waals surface area (Å²) in [6.07, 6.45) is 3.00. The lowest BCUT2D eigenvalue weighted by Gasteiger charge is -2.11. The lowest BCUT2D eigenvalue weighted by Crippen LogP contribution is -2.16. The SMILES string of the molecule is O=C(CSc1cccc(Br)c1)Nc1cc(Cl)ccc1-n1cncn1. The third kappa shape index (κ3) is 4.37. The predicted octanol–water partition coefficient (Wildman–Crippen LogP) is 4.41. The first kappa shape index (κ1) is 17.0. The van der Waals surface area contributed by atoms with Crippen molar-refractivity contribution in [2.24, 2.45) is 0 Å². The fourth-order valence-electron chi connectivity index (χ4n) is 2.03. The van der Waals surface area contributed by atoms with Gasteiger partial charge in [-0.15, -0.1) is 11.8 Å². The molecular formula is C16H12BrClN4OS. The smallest absolute Gasteiger partial charge is 0.234 e. The highest BCUT2D eigenvalue weighted by atomic mass is 79.9. The van der Waals surface area contributed by atoms with E-state index in [9.17, 15) is 4.79 Å². The maximum atomic E-state index is 12.3. The Kier molecular flexibility index (Phi) is 5.55. The molecule has 0 spiro atoms. The number of carbonyl (C=O) groups is 1. The molecule has 3 rings (SSSR count). The van der Waals surface area contributed by atoms with Crippen LogP contribution in [-0.2, 0) is 4.79 Å². The van der Waals surface area contributed by atoms with Crippen LogP contribution in [0.4, 0.5) is 5.69 Å². The highest BCUT2D eigenvalue weighted by Crippen LogP contribution is 2.25. The topological polar surface area (TPSA) is 59.8 Å². The molecule has 0 atom stereocenters. The number of anilines is 1. The van der Waals surface area contributed by atoms with Crippen molar-refractivity contribution in [1.29, 1.82) is 0 Å². The summed E-state index contributed by atoms with van der Waals surface area (Å²) in [5, 5.41) is 7.50. The molecule has 5 nitrogen and oxygen atoms in total. The second kappa shape index (κ2) is 7.83. The number of thioether (sulfide) groups is 1. The van der Waals surface area contributed by atoms with Crippen molar-refractivity contribution >= 4 is 50.9 Å². The first-order valence-corrected chi connectivity index (χ1v) is 9.10. The normalized spacial score (nSPS) is 10.6. The minimum Gasteiger partial charge on any atom is -0.323 e. The van der Waals surface area contributed by atoms with Crippen LogP contribution in [0.5, 0.6) is 0 Å². The highest BCUT2D eigenvalue weighted by molar-refractivity contribution is 9.10. The molecule has 1 heterocycles. The molecule has 1 N–H and O–H groups in total. The van der Waals surface area contributed by atoms with E-state index in [1.54, 1.807) is 29.2 Å². The van der Waals surface area contributed by atoms with Crippen molar-refractivity contribution < 1.29 is 4.79 Å². The molecule has 24 heavy (non-hydrogen) atoms. The van der Waals surface area contributed by atoms with E-state index in [2.05, 4.69) is 31.3 Å². The lowest BCUT2D eigenvalue weighted by molar-refractivity contribution is -0.113. The van der Waals surface area contributed by atoms with Gasteiger partial charge in [-0.25, -0.2) is 9.67 Å². The Morgan fingerprint density at radius 1 is 1.29 bits per heavy atom. The van der Waals surface area contributed by atoms with E-state index in [1.807, 2.05) is 24.3 Å². The zero-order valence-corrected chi connectivity index (χ0v) is 15.5. The van der Waals surface area contributed by atoms with Gasteiger partial charge in [-0.3, -0.25) is 4.79 Å². The van der Waals surface area contributed by atoms with Gasteiger partial charge < -0.3 is 5.32 Å². The summed E-state index contributed by atoms with van der Waals surface area (Å²) in [6.45, 7) is 0. The van der Waals surface area contributed by atoms with Crippen LogP contribution in [0.2, 0.25) is 5.02 Å². The number of aromatic nitrogens is 3. The number of hydrogen-bond donors (Lipinski definition) is 1. The molecule has 0 saturated carbocycles. The summed E-state index contributed by atoms with van der Waals surface area (Å²) in [4.78, 5) is 17.2. The predicted molar refractivity (Wildman–Crippen MR) is 99.9 cm³/mol. The van der Waals surface area contributed by atoms with Crippen LogP contribution in [0.3, 0.4) is 0 Å². The molecule has 8 heteroatoms. The van der Waals surface area contributed by atoms with Gasteiger partial charge in [0.1, 0.15) is 12.7 Å². The van der Waals surface area contributed by atoms with Crippen LogP contribution in [-0.4, -0.2) is 26.4 Å². The Labute approximate surface area is 156 Å². The zero-order valence-electron chi connectivity index (χ0n) is 12.3. The molecule has 1 amide bonds. The second-order valence-corrected chi connectivity index (χ2v) is 7.20. The third-order valence-electron chi connectivity index (χ3n) is 3.06. The molecule has 2 aromatic carbocycles. The van der Waals surface area contributed by atoms with Crippen molar-refractivity contribution in [2.75, 3.05) is 11.1 Å². The van der Waals surface area contributed by atoms with E-state index in [0.717, 1.165) is 9.37 Å². The average Bonchev–Trinajstić information content (AvgIpc) is 3.07. The Morgan fingerprint density at radius 3 is 2.92 bits per heavy atom. The molecule has 3 aromatic rings. The molecule has 122 valence electrons. The van der Waals surface area contributed by atoms with Gasteiger partial charge in [0.2, 0.25) is 5.91 Å². The van der Waals surface area contributed by atoms with Crippen LogP contribution >= 0.6 is 39.3 Å². The number of rotatable bonds is 5. The van der Waals surface area contributed by atoms with E-state index in [4.69, 9.17) is 11.6 Å². The van der Waals surface area contributed by atoms with Crippen molar-refractivity contribution in [3.8, 4) is 5.69 Å². The Bertz CT molecular complexity index is 857. The van der Waals surface area contributed by atoms with Gasteiger partial charge in [0, 0.05) is 14.4 Å². The Morgan fingerprint density at radius 2 is 2.17 bits per heavy atom. The standard InChI is InChI=1S/C16H12BrClN4OS/c17-11-2-1-3-13(6-11)24-8-16(23)21-14-7-12(18)4-5-15(14)22-10-19-9-20-22/h1-7,9-10H,8H2,(H,21,23). The Hall–Kier alpha value is -1.83. The molecule has 0 unspecified atom stereocenters. The first-order valence-electron chi connectivity index (χ1n) is 6.94. The van der Waals surface area contributed by atoms with Gasteiger partial charge in [-0.05, 0) is 36.4 Å². The van der Waals surface area contributed by atoms with E-state index in [1.165, 1.54) is 18.1 Å². The summed E-state index contributed by atoms with van der Waals surface area (Å²) in [5.41, 5.74) is 1.30. The van der Waals surface area contributed by atoms with Crippen molar-refractivity contribution in [2.45, 2.75) is 4.90 Å². The van der Waals surface area contributed by atoms with Gasteiger partial charge in [0.25, 0.3) is 0 Å². The van der Waals surface area contributed by atoms with Crippen LogP contribution < -0.4 is 5.32 Å². The van der Waals surface area contributed by atoms with Gasteiger partial charge in [-0.2, -0.15) is 5.10 Å². The Balaban J connectivity index is 1.71. The number of nitrogens with one attached hydrogen (secondary N) is 1. The van der Waals surface area contributed by atoms with Gasteiger partial charge in [0.15, 0.2) is 0 Å². The van der Waals surface area contributed by atoms with E-state index in [-0.39, 0.29) is 5.91 Å². The molecule has 0 bridgehead atoms. The zero-order chi connectivity index (χ0) is 16.9. The molecule has 0 fully saturated rings. The summed E-state index contributed by atoms with van der Waals surface area (Å²) < 4.78 is 2.56. The first-order chi connectivity index (χ1) is 11.6. The second-order valence-electron chi connectivity index (χ2n) is 4.80. The quantitative estimate of drug-likeness (QED) is 0.617. The molecule has 0 radical (unpaired) electrons. The molecule has 0 aliphatic rings. The fraction of sp³-hybridized carbons (Fsp3) is 0.0625. The molecule has 1 aromatic heterocycles. The number of amides is 1. The van der Waals surface area contributed by atoms with Crippen LogP contribution in [0, 0.1) is 0 Å². The monoisotopic (exact) mass is 422 g/mol. The lowest BCUT2D eigenvalue weighted by atomic mass is 10.2. The maximum Gasteiger partial charge on any atom is 0.234 e. The molecular weight excluding hydrogens is 412 g/mol. The number of hydrogen-bond acceptors (Lipinski definition) is 4. The van der Waals surface area contributed by atoms with Gasteiger partial charge in [-0.1, -0.05) is 33.6 Å². The minimum atomic E-state index is -0.122. The van der Waals surface area contributed by atoms with Crippen molar-refractivity contribution in [3.63, 3.8) is 0 Å². The van der Waals surface area contributed by atoms with Crippen molar-refractivity contribution in [3.05, 3.63) is 64.6 Å². The van der Waals surface area contributed by atoms with Gasteiger partial charge >= 0.3 is 0 Å². The number of carbonyl (C=O) groups excluding carboxylic acids is 1. The van der Waals surface area contributed by atoms with Crippen molar-refractivity contribution in [1.82, 2.24) is 14.8 Å². The number of nitrogens with zero attached hydrogens (tertiary/aromatic N) is 3. The largest absolute Gasteiger partial charge is 0.323 e. The summed E-state index contributed by atoms with van der Waals surface area (Å²) >= 11 is 10.9. The third-order valence-corrected chi connectivity index (χ3v) is 4.79. The van der Waals surface area contributed by atoms with Crippen LogP contribution in [0.1, 0.15) is 0 Å². The maximum absolute atomic E-state index is 12.3. The molecule has 0 saturated heterocycles. The summed E-state index contributed by atoms with van der Waals surface area (Å²) in [5.74, 6) is 0.170. The van der Waals surface area contributed by atoms with Crippen LogP contribution in [0.15, 0.2) is 64.5 Å². The van der Waals surface area contributed by atoms with E-state index >= 15 is 0 Å². The fourth-order valence-corrected chi connectivity index (χ4v) is 3.51. The molecule has 0 aliphatic heterocycles. The van der Waals surface area contributed by atoms with Crippen LogP contribution in [0.25, 0.3) is 5.69 Å².